The molecule has 1 atom stereocenters. The molecule has 72 valence electrons. The second-order valence-electron chi connectivity index (χ2n) is 3.02. The molecule has 2 aromatic heterocycles. The molecule has 0 aliphatic heterocycles. The van der Waals surface area contributed by atoms with Gasteiger partial charge in [-0.3, -0.25) is 0 Å². The topological polar surface area (TPSA) is 80.5 Å². The minimum atomic E-state index is -0.0864. The van der Waals surface area contributed by atoms with Crippen molar-refractivity contribution in [1.29, 1.82) is 0 Å². The lowest BCUT2D eigenvalue weighted by molar-refractivity contribution is 0.687. The van der Waals surface area contributed by atoms with Crippen molar-refractivity contribution in [3.8, 4) is 0 Å². The maximum atomic E-state index is 5.96. The first-order valence-electron chi connectivity index (χ1n) is 4.36. The zero-order chi connectivity index (χ0) is 9.80. The minimum Gasteiger partial charge on any atom is -0.349 e. The van der Waals surface area contributed by atoms with Gasteiger partial charge in [-0.05, 0) is 11.6 Å². The molecule has 0 fully saturated rings. The van der Waals surface area contributed by atoms with Gasteiger partial charge in [0.05, 0.1) is 6.20 Å². The Kier molecular flexibility index (Phi) is 2.51. The molecular weight excluding hydrogens is 178 g/mol. The van der Waals surface area contributed by atoms with Crippen LogP contribution in [-0.4, -0.2) is 20.2 Å². The van der Waals surface area contributed by atoms with Crippen molar-refractivity contribution in [3.05, 3.63) is 42.2 Å². The van der Waals surface area contributed by atoms with Crippen LogP contribution >= 0.6 is 0 Å². The van der Waals surface area contributed by atoms with Gasteiger partial charge in [0, 0.05) is 31.1 Å². The smallest absolute Gasteiger partial charge is 0.107 e. The van der Waals surface area contributed by atoms with Crippen LogP contribution in [0, 0.1) is 0 Å². The summed E-state index contributed by atoms with van der Waals surface area (Å²) < 4.78 is 0. The van der Waals surface area contributed by atoms with Crippen LogP contribution < -0.4 is 5.73 Å². The number of nitrogens with zero attached hydrogens (tertiary/aromatic N) is 3. The summed E-state index contributed by atoms with van der Waals surface area (Å²) in [6, 6.07) is 1.78. The Bertz CT molecular complexity index is 369. The van der Waals surface area contributed by atoms with Crippen LogP contribution in [0.2, 0.25) is 0 Å². The lowest BCUT2D eigenvalue weighted by Crippen LogP contribution is -2.14. The average molecular weight is 189 g/mol. The molecule has 2 rings (SSSR count). The molecule has 14 heavy (non-hydrogen) atoms. The second kappa shape index (κ2) is 3.97. The Morgan fingerprint density at radius 2 is 2.29 bits per heavy atom. The fraction of sp³-hybridized carbons (Fsp3) is 0.222. The van der Waals surface area contributed by atoms with E-state index in [1.54, 1.807) is 24.8 Å². The van der Waals surface area contributed by atoms with Crippen molar-refractivity contribution in [2.24, 2.45) is 5.73 Å². The van der Waals surface area contributed by atoms with Gasteiger partial charge in [0.2, 0.25) is 0 Å². The quantitative estimate of drug-likeness (QED) is 0.734. The van der Waals surface area contributed by atoms with E-state index in [-0.39, 0.29) is 6.04 Å². The van der Waals surface area contributed by atoms with Gasteiger partial charge in [0.25, 0.3) is 0 Å². The molecule has 3 N–H and O–H groups in total. The number of rotatable bonds is 3. The summed E-state index contributed by atoms with van der Waals surface area (Å²) in [5.41, 5.74) is 6.93. The normalized spacial score (nSPS) is 12.6. The van der Waals surface area contributed by atoms with Gasteiger partial charge in [-0.25, -0.2) is 4.98 Å². The largest absolute Gasteiger partial charge is 0.349 e. The number of imidazole rings is 1. The molecule has 0 aliphatic rings. The minimum absolute atomic E-state index is 0.0864. The second-order valence-corrected chi connectivity index (χ2v) is 3.02. The van der Waals surface area contributed by atoms with Crippen molar-refractivity contribution in [2.45, 2.75) is 12.5 Å². The highest BCUT2D eigenvalue weighted by molar-refractivity contribution is 5.12. The number of hydrogen-bond acceptors (Lipinski definition) is 4. The van der Waals surface area contributed by atoms with Crippen LogP contribution in [0.25, 0.3) is 0 Å². The predicted octanol–water partition coefficient (Wildman–Crippen LogP) is 0.442. The summed E-state index contributed by atoms with van der Waals surface area (Å²) in [6.45, 7) is 0. The van der Waals surface area contributed by atoms with Crippen molar-refractivity contribution in [1.82, 2.24) is 20.2 Å². The summed E-state index contributed by atoms with van der Waals surface area (Å²) in [5, 5.41) is 7.47. The molecule has 2 aromatic rings. The molecule has 5 heteroatoms. The van der Waals surface area contributed by atoms with Gasteiger partial charge in [-0.2, -0.15) is 10.2 Å². The molecule has 2 heterocycles. The Hall–Kier alpha value is -1.75. The molecule has 5 nitrogen and oxygen atoms in total. The summed E-state index contributed by atoms with van der Waals surface area (Å²) in [5.74, 6) is 0.884. The maximum absolute atomic E-state index is 5.96. The predicted molar refractivity (Wildman–Crippen MR) is 51.3 cm³/mol. The van der Waals surface area contributed by atoms with Gasteiger partial charge >= 0.3 is 0 Å². The standard InChI is InChI=1S/C9H11N5/c10-8(5-9-11-3-4-12-9)7-1-2-13-14-6-7/h1-4,6,8H,5,10H2,(H,11,12). The molecule has 1 unspecified atom stereocenters. The van der Waals surface area contributed by atoms with E-state index in [9.17, 15) is 0 Å². The van der Waals surface area contributed by atoms with Crippen molar-refractivity contribution in [3.63, 3.8) is 0 Å². The Morgan fingerprint density at radius 1 is 1.36 bits per heavy atom. The molecule has 0 aromatic carbocycles. The van der Waals surface area contributed by atoms with E-state index in [1.807, 2.05) is 6.07 Å². The van der Waals surface area contributed by atoms with E-state index in [4.69, 9.17) is 5.73 Å². The van der Waals surface area contributed by atoms with E-state index in [2.05, 4.69) is 20.2 Å². The molecule has 0 saturated heterocycles. The van der Waals surface area contributed by atoms with Gasteiger partial charge in [-0.1, -0.05) is 0 Å². The first-order chi connectivity index (χ1) is 6.86. The summed E-state index contributed by atoms with van der Waals surface area (Å²) in [6.07, 6.45) is 7.49. The lowest BCUT2D eigenvalue weighted by Gasteiger charge is -2.08. The maximum Gasteiger partial charge on any atom is 0.107 e. The summed E-state index contributed by atoms with van der Waals surface area (Å²) in [7, 11) is 0. The van der Waals surface area contributed by atoms with Crippen LogP contribution in [0.1, 0.15) is 17.4 Å². The molecular formula is C9H11N5. The van der Waals surface area contributed by atoms with Crippen molar-refractivity contribution in [2.75, 3.05) is 0 Å². The van der Waals surface area contributed by atoms with E-state index < -0.39 is 0 Å². The number of nitrogens with two attached hydrogens (primary N) is 1. The monoisotopic (exact) mass is 189 g/mol. The Labute approximate surface area is 81.4 Å². The summed E-state index contributed by atoms with van der Waals surface area (Å²) in [4.78, 5) is 7.12. The fourth-order valence-electron chi connectivity index (χ4n) is 1.26. The number of hydrogen-bond donors (Lipinski definition) is 2. The van der Waals surface area contributed by atoms with Crippen molar-refractivity contribution < 1.29 is 0 Å². The highest BCUT2D eigenvalue weighted by atomic mass is 15.1. The zero-order valence-corrected chi connectivity index (χ0v) is 7.59. The van der Waals surface area contributed by atoms with Crippen LogP contribution in [0.4, 0.5) is 0 Å². The number of H-pyrrole nitrogens is 1. The highest BCUT2D eigenvalue weighted by Crippen LogP contribution is 2.11. The summed E-state index contributed by atoms with van der Waals surface area (Å²) >= 11 is 0. The van der Waals surface area contributed by atoms with Gasteiger partial charge in [0.1, 0.15) is 5.82 Å². The SMILES string of the molecule is NC(Cc1ncc[nH]1)c1ccnnc1. The number of nitrogens with one attached hydrogen (secondary N) is 1. The van der Waals surface area contributed by atoms with E-state index in [0.717, 1.165) is 11.4 Å². The first kappa shape index (κ1) is 8.83. The van der Waals surface area contributed by atoms with Crippen molar-refractivity contribution >= 4 is 0 Å². The molecule has 0 spiro atoms. The lowest BCUT2D eigenvalue weighted by atomic mass is 10.1. The third-order valence-corrected chi connectivity index (χ3v) is 2.00. The van der Waals surface area contributed by atoms with Crippen LogP contribution in [0.5, 0.6) is 0 Å². The van der Waals surface area contributed by atoms with E-state index in [0.29, 0.717) is 6.42 Å². The molecule has 0 bridgehead atoms. The van der Waals surface area contributed by atoms with Gasteiger partial charge < -0.3 is 10.7 Å². The third-order valence-electron chi connectivity index (χ3n) is 2.00. The van der Waals surface area contributed by atoms with E-state index in [1.165, 1.54) is 0 Å². The first-order valence-corrected chi connectivity index (χ1v) is 4.36. The number of aromatic amines is 1. The Balaban J connectivity index is 2.07. The molecule has 0 aliphatic carbocycles. The molecule has 0 radical (unpaired) electrons. The third kappa shape index (κ3) is 1.94. The molecule has 0 amide bonds. The molecule has 0 saturated carbocycles. The van der Waals surface area contributed by atoms with Gasteiger partial charge in [0.15, 0.2) is 0 Å². The van der Waals surface area contributed by atoms with Crippen LogP contribution in [0.15, 0.2) is 30.9 Å². The van der Waals surface area contributed by atoms with Crippen LogP contribution in [-0.2, 0) is 6.42 Å². The van der Waals surface area contributed by atoms with E-state index >= 15 is 0 Å². The van der Waals surface area contributed by atoms with Gasteiger partial charge in [-0.15, -0.1) is 0 Å². The zero-order valence-electron chi connectivity index (χ0n) is 7.59. The highest BCUT2D eigenvalue weighted by Gasteiger charge is 2.08. The van der Waals surface area contributed by atoms with Crippen LogP contribution in [0.3, 0.4) is 0 Å². The average Bonchev–Trinajstić information content (AvgIpc) is 2.72. The Morgan fingerprint density at radius 3 is 2.93 bits per heavy atom. The fourth-order valence-corrected chi connectivity index (χ4v) is 1.26. The number of aromatic nitrogens is 4.